The van der Waals surface area contributed by atoms with Crippen molar-refractivity contribution in [3.8, 4) is 0 Å². The molecular formula is C14H23N3O. The zero-order chi connectivity index (χ0) is 13.1. The van der Waals surface area contributed by atoms with E-state index in [4.69, 9.17) is 0 Å². The molecule has 1 aromatic heterocycles. The monoisotopic (exact) mass is 249 g/mol. The van der Waals surface area contributed by atoms with E-state index >= 15 is 0 Å². The molecule has 2 heterocycles. The lowest BCUT2D eigenvalue weighted by Crippen LogP contribution is -2.38. The van der Waals surface area contributed by atoms with Gasteiger partial charge in [-0.1, -0.05) is 0 Å². The zero-order valence-electron chi connectivity index (χ0n) is 11.5. The first-order valence-electron chi connectivity index (χ1n) is 6.73. The van der Waals surface area contributed by atoms with Crippen molar-refractivity contribution in [2.75, 3.05) is 23.3 Å². The molecule has 0 spiro atoms. The van der Waals surface area contributed by atoms with Crippen LogP contribution in [0.4, 0.5) is 11.5 Å². The van der Waals surface area contributed by atoms with E-state index < -0.39 is 0 Å². The molecule has 1 aliphatic heterocycles. The average Bonchev–Trinajstić information content (AvgIpc) is 2.27. The first-order valence-corrected chi connectivity index (χ1v) is 6.73. The number of piperidine rings is 1. The molecule has 4 nitrogen and oxygen atoms in total. The van der Waals surface area contributed by atoms with Gasteiger partial charge in [-0.3, -0.25) is 0 Å². The molecule has 2 rings (SSSR count). The number of rotatable bonds is 3. The molecule has 1 atom stereocenters. The number of pyridine rings is 1. The van der Waals surface area contributed by atoms with Crippen LogP contribution in [0, 0.1) is 6.92 Å². The second-order valence-electron chi connectivity index (χ2n) is 5.40. The van der Waals surface area contributed by atoms with Crippen molar-refractivity contribution in [3.05, 3.63) is 17.8 Å². The summed E-state index contributed by atoms with van der Waals surface area (Å²) in [5.74, 6) is 0.969. The van der Waals surface area contributed by atoms with Gasteiger partial charge in [-0.2, -0.15) is 0 Å². The van der Waals surface area contributed by atoms with Crippen LogP contribution in [0.3, 0.4) is 0 Å². The topological polar surface area (TPSA) is 48.4 Å². The number of aliphatic hydroxyl groups excluding tert-OH is 1. The van der Waals surface area contributed by atoms with E-state index in [1.807, 2.05) is 6.92 Å². The third-order valence-electron chi connectivity index (χ3n) is 3.12. The molecule has 2 N–H and O–H groups in total. The molecule has 0 aliphatic carbocycles. The molecule has 1 fully saturated rings. The molecule has 100 valence electrons. The SMILES string of the molecule is Cc1cc(NC(C)C)cc(N2CCC[C@H](O)C2)n1. The van der Waals surface area contributed by atoms with Crippen LogP contribution in [-0.2, 0) is 0 Å². The summed E-state index contributed by atoms with van der Waals surface area (Å²) in [6.07, 6.45) is 1.71. The Kier molecular flexibility index (Phi) is 4.07. The number of nitrogens with zero attached hydrogens (tertiary/aromatic N) is 2. The van der Waals surface area contributed by atoms with E-state index in [9.17, 15) is 5.11 Å². The minimum Gasteiger partial charge on any atom is -0.391 e. The van der Waals surface area contributed by atoms with Crippen molar-refractivity contribution in [1.82, 2.24) is 4.98 Å². The Morgan fingerprint density at radius 1 is 1.44 bits per heavy atom. The fraction of sp³-hybridized carbons (Fsp3) is 0.643. The number of aromatic nitrogens is 1. The Morgan fingerprint density at radius 3 is 2.89 bits per heavy atom. The van der Waals surface area contributed by atoms with Gasteiger partial charge >= 0.3 is 0 Å². The van der Waals surface area contributed by atoms with Crippen molar-refractivity contribution in [3.63, 3.8) is 0 Å². The van der Waals surface area contributed by atoms with Gasteiger partial charge in [-0.05, 0) is 39.7 Å². The summed E-state index contributed by atoms with van der Waals surface area (Å²) in [5, 5.41) is 13.1. The van der Waals surface area contributed by atoms with Gasteiger partial charge in [0.05, 0.1) is 6.10 Å². The van der Waals surface area contributed by atoms with E-state index in [0.29, 0.717) is 12.6 Å². The van der Waals surface area contributed by atoms with E-state index in [1.165, 1.54) is 0 Å². The summed E-state index contributed by atoms with van der Waals surface area (Å²) >= 11 is 0. The van der Waals surface area contributed by atoms with Crippen LogP contribution in [0.25, 0.3) is 0 Å². The van der Waals surface area contributed by atoms with Gasteiger partial charge in [0.25, 0.3) is 0 Å². The lowest BCUT2D eigenvalue weighted by molar-refractivity contribution is 0.154. The van der Waals surface area contributed by atoms with Crippen molar-refractivity contribution in [2.24, 2.45) is 0 Å². The van der Waals surface area contributed by atoms with Crippen molar-refractivity contribution in [2.45, 2.75) is 45.8 Å². The fourth-order valence-electron chi connectivity index (χ4n) is 2.39. The van der Waals surface area contributed by atoms with Crippen LogP contribution >= 0.6 is 0 Å². The molecule has 4 heteroatoms. The normalized spacial score (nSPS) is 20.3. The molecule has 0 bridgehead atoms. The number of nitrogens with one attached hydrogen (secondary N) is 1. The van der Waals surface area contributed by atoms with Crippen LogP contribution in [0.15, 0.2) is 12.1 Å². The first kappa shape index (κ1) is 13.1. The number of aryl methyl sites for hydroxylation is 1. The summed E-state index contributed by atoms with van der Waals surface area (Å²) < 4.78 is 0. The number of hydrogen-bond acceptors (Lipinski definition) is 4. The Balaban J connectivity index is 2.18. The molecule has 0 saturated carbocycles. The molecule has 1 aromatic rings. The Bertz CT molecular complexity index is 406. The van der Waals surface area contributed by atoms with Crippen molar-refractivity contribution in [1.29, 1.82) is 0 Å². The molecule has 1 aliphatic rings. The second kappa shape index (κ2) is 5.57. The maximum atomic E-state index is 9.74. The van der Waals surface area contributed by atoms with Gasteiger partial charge in [-0.25, -0.2) is 4.98 Å². The highest BCUT2D eigenvalue weighted by molar-refractivity contribution is 5.55. The van der Waals surface area contributed by atoms with Crippen LogP contribution in [0.5, 0.6) is 0 Å². The lowest BCUT2D eigenvalue weighted by atomic mass is 10.1. The molecule has 1 saturated heterocycles. The second-order valence-corrected chi connectivity index (χ2v) is 5.40. The van der Waals surface area contributed by atoms with E-state index in [-0.39, 0.29) is 6.10 Å². The minimum atomic E-state index is -0.220. The first-order chi connectivity index (χ1) is 8.54. The Labute approximate surface area is 109 Å². The Morgan fingerprint density at radius 2 is 2.22 bits per heavy atom. The van der Waals surface area contributed by atoms with Gasteiger partial charge in [-0.15, -0.1) is 0 Å². The average molecular weight is 249 g/mol. The highest BCUT2D eigenvalue weighted by Gasteiger charge is 2.19. The number of β-amino-alcohol motifs (C(OH)–C–C–N with tert-alkyl or cyclic N) is 1. The zero-order valence-corrected chi connectivity index (χ0v) is 11.5. The number of anilines is 2. The predicted octanol–water partition coefficient (Wildman–Crippen LogP) is 2.17. The van der Waals surface area contributed by atoms with Crippen LogP contribution in [-0.4, -0.2) is 35.3 Å². The van der Waals surface area contributed by atoms with Gasteiger partial charge in [0.2, 0.25) is 0 Å². The minimum absolute atomic E-state index is 0.220. The highest BCUT2D eigenvalue weighted by atomic mass is 16.3. The maximum absolute atomic E-state index is 9.74. The maximum Gasteiger partial charge on any atom is 0.130 e. The van der Waals surface area contributed by atoms with Crippen LogP contribution < -0.4 is 10.2 Å². The smallest absolute Gasteiger partial charge is 0.130 e. The third kappa shape index (κ3) is 3.35. The fourth-order valence-corrected chi connectivity index (χ4v) is 2.39. The summed E-state index contributed by atoms with van der Waals surface area (Å²) in [6.45, 7) is 7.93. The molecule has 0 unspecified atom stereocenters. The Hall–Kier alpha value is -1.29. The largest absolute Gasteiger partial charge is 0.391 e. The summed E-state index contributed by atoms with van der Waals surface area (Å²) in [4.78, 5) is 6.75. The summed E-state index contributed by atoms with van der Waals surface area (Å²) in [7, 11) is 0. The van der Waals surface area contributed by atoms with Gasteiger partial charge < -0.3 is 15.3 Å². The van der Waals surface area contributed by atoms with Crippen LogP contribution in [0.1, 0.15) is 32.4 Å². The van der Waals surface area contributed by atoms with Crippen LogP contribution in [0.2, 0.25) is 0 Å². The lowest BCUT2D eigenvalue weighted by Gasteiger charge is -2.31. The summed E-state index contributed by atoms with van der Waals surface area (Å²) in [5.41, 5.74) is 2.11. The number of aliphatic hydroxyl groups is 1. The van der Waals surface area contributed by atoms with Crippen molar-refractivity contribution >= 4 is 11.5 Å². The van der Waals surface area contributed by atoms with Gasteiger partial charge in [0.15, 0.2) is 0 Å². The number of hydrogen-bond donors (Lipinski definition) is 2. The summed E-state index contributed by atoms with van der Waals surface area (Å²) in [6, 6.07) is 4.54. The van der Waals surface area contributed by atoms with E-state index in [0.717, 1.165) is 36.6 Å². The van der Waals surface area contributed by atoms with Gasteiger partial charge in [0.1, 0.15) is 5.82 Å². The van der Waals surface area contributed by atoms with Crippen molar-refractivity contribution < 1.29 is 5.11 Å². The molecule has 18 heavy (non-hydrogen) atoms. The highest BCUT2D eigenvalue weighted by Crippen LogP contribution is 2.22. The molecule has 0 amide bonds. The third-order valence-corrected chi connectivity index (χ3v) is 3.12. The molecule has 0 aromatic carbocycles. The predicted molar refractivity (Wildman–Crippen MR) is 75.2 cm³/mol. The molecule has 0 radical (unpaired) electrons. The molecular weight excluding hydrogens is 226 g/mol. The van der Waals surface area contributed by atoms with E-state index in [1.54, 1.807) is 0 Å². The van der Waals surface area contributed by atoms with Gasteiger partial charge in [0, 0.05) is 36.6 Å². The van der Waals surface area contributed by atoms with E-state index in [2.05, 4.69) is 41.2 Å². The standard InChI is InChI=1S/C14H23N3O/c1-10(2)15-12-7-11(3)16-14(8-12)17-6-4-5-13(18)9-17/h7-8,10,13,18H,4-6,9H2,1-3H3,(H,15,16)/t13-/m0/s1. The quantitative estimate of drug-likeness (QED) is 0.862.